The van der Waals surface area contributed by atoms with Crippen molar-refractivity contribution in [3.05, 3.63) is 98.6 Å². The third kappa shape index (κ3) is 6.24. The van der Waals surface area contributed by atoms with Crippen LogP contribution >= 0.6 is 11.6 Å². The molecule has 0 saturated carbocycles. The fraction of sp³-hybridized carbons (Fsp3) is 0.386. The SMILES string of the molecule is COC(=O)C1CN(C2CCc3c2cc(C#N)c2oc(-c4cccc(-c5cccc6c5CC[C@@H]6Oc5nc(OC)c(CN6CC[C@@H](O)C6)cc5Cl)c4C)cc32)C1. The van der Waals surface area contributed by atoms with E-state index in [1.165, 1.54) is 18.2 Å². The van der Waals surface area contributed by atoms with Gasteiger partial charge in [0.1, 0.15) is 23.0 Å². The Morgan fingerprint density at radius 1 is 0.982 bits per heavy atom. The van der Waals surface area contributed by atoms with Crippen molar-refractivity contribution in [2.75, 3.05) is 40.4 Å². The van der Waals surface area contributed by atoms with Crippen molar-refractivity contribution < 1.29 is 28.5 Å². The predicted molar refractivity (Wildman–Crippen MR) is 208 cm³/mol. The zero-order valence-corrected chi connectivity index (χ0v) is 32.0. The van der Waals surface area contributed by atoms with Gasteiger partial charge in [0.2, 0.25) is 11.8 Å². The number of nitrogens with zero attached hydrogens (tertiary/aromatic N) is 4. The highest BCUT2D eigenvalue weighted by Gasteiger charge is 2.41. The van der Waals surface area contributed by atoms with Crippen LogP contribution in [0.5, 0.6) is 11.8 Å². The second-order valence-electron chi connectivity index (χ2n) is 15.3. The van der Waals surface area contributed by atoms with Gasteiger partial charge in [-0.1, -0.05) is 48.0 Å². The maximum Gasteiger partial charge on any atom is 0.311 e. The second-order valence-corrected chi connectivity index (χ2v) is 15.7. The van der Waals surface area contributed by atoms with Gasteiger partial charge in [0.15, 0.2) is 5.58 Å². The van der Waals surface area contributed by atoms with E-state index in [4.69, 9.17) is 35.2 Å². The summed E-state index contributed by atoms with van der Waals surface area (Å²) in [5.41, 5.74) is 11.1. The van der Waals surface area contributed by atoms with Gasteiger partial charge in [-0.2, -0.15) is 10.2 Å². The van der Waals surface area contributed by atoms with Gasteiger partial charge in [0.25, 0.3) is 0 Å². The van der Waals surface area contributed by atoms with E-state index in [1.807, 2.05) is 12.1 Å². The van der Waals surface area contributed by atoms with Crippen LogP contribution < -0.4 is 9.47 Å². The van der Waals surface area contributed by atoms with Gasteiger partial charge in [0.05, 0.1) is 31.8 Å². The molecule has 1 N–H and O–H groups in total. The number of rotatable bonds is 9. The molecule has 2 fully saturated rings. The number of ether oxygens (including phenoxy) is 3. The van der Waals surface area contributed by atoms with Crippen LogP contribution in [0, 0.1) is 24.2 Å². The summed E-state index contributed by atoms with van der Waals surface area (Å²) in [6.45, 7) is 5.51. The standard InChI is InChI=1S/C44H43ClN4O6/c1-24-29(31-8-5-9-34-32(31)11-13-39(34)55-43-37(45)17-26(42(47-43)52-2)20-48-15-14-28(50)23-48)6-4-7-30(24)40-18-36-33-10-12-38(49-21-27(22-49)44(51)53-3)35(33)16-25(19-46)41(36)54-40/h4-9,16-18,27-28,38-39,50H,10-15,20-23H2,1-3H3/t28-,38?,39+/m1/s1. The third-order valence-electron chi connectivity index (χ3n) is 12.2. The summed E-state index contributed by atoms with van der Waals surface area (Å²) in [7, 11) is 3.04. The van der Waals surface area contributed by atoms with E-state index in [1.54, 1.807) is 7.11 Å². The van der Waals surface area contributed by atoms with Crippen molar-refractivity contribution in [2.24, 2.45) is 5.92 Å². The number of esters is 1. The number of fused-ring (bicyclic) bond motifs is 4. The minimum Gasteiger partial charge on any atom is -0.481 e. The lowest BCUT2D eigenvalue weighted by atomic mass is 9.91. The van der Waals surface area contributed by atoms with E-state index in [2.05, 4.69) is 65.3 Å². The van der Waals surface area contributed by atoms with Gasteiger partial charge < -0.3 is 23.7 Å². The van der Waals surface area contributed by atoms with E-state index in [9.17, 15) is 15.2 Å². The number of aliphatic hydroxyl groups excluding tert-OH is 1. The molecule has 0 bridgehead atoms. The number of methoxy groups -OCH3 is 2. The van der Waals surface area contributed by atoms with Gasteiger partial charge in [0, 0.05) is 55.3 Å². The fourth-order valence-corrected chi connectivity index (χ4v) is 9.57. The highest BCUT2D eigenvalue weighted by atomic mass is 35.5. The molecule has 55 heavy (non-hydrogen) atoms. The molecular weight excluding hydrogens is 716 g/mol. The Morgan fingerprint density at radius 3 is 2.53 bits per heavy atom. The molecule has 2 aliphatic heterocycles. The predicted octanol–water partition coefficient (Wildman–Crippen LogP) is 7.73. The molecule has 11 heteroatoms. The highest BCUT2D eigenvalue weighted by molar-refractivity contribution is 6.31. The zero-order chi connectivity index (χ0) is 38.0. The molecule has 5 aromatic rings. The molecule has 0 radical (unpaired) electrons. The number of aromatic nitrogens is 1. The lowest BCUT2D eigenvalue weighted by Crippen LogP contribution is -2.51. The molecular formula is C44H43ClN4O6. The Bertz CT molecular complexity index is 2380. The molecule has 0 spiro atoms. The maximum absolute atomic E-state index is 12.1. The number of furan rings is 1. The molecule has 0 amide bonds. The van der Waals surface area contributed by atoms with Crippen molar-refractivity contribution >= 4 is 28.5 Å². The van der Waals surface area contributed by atoms with Gasteiger partial charge in [-0.15, -0.1) is 0 Å². The second kappa shape index (κ2) is 14.3. The molecule has 4 heterocycles. The fourth-order valence-electron chi connectivity index (χ4n) is 9.35. The van der Waals surface area contributed by atoms with Gasteiger partial charge >= 0.3 is 5.97 Å². The van der Waals surface area contributed by atoms with Crippen LogP contribution in [-0.4, -0.2) is 72.4 Å². The van der Waals surface area contributed by atoms with Crippen LogP contribution in [0.1, 0.15) is 70.4 Å². The van der Waals surface area contributed by atoms with Crippen LogP contribution in [0.15, 0.2) is 59.0 Å². The molecule has 2 saturated heterocycles. The number of carbonyl (C=O) groups is 1. The van der Waals surface area contributed by atoms with Crippen LogP contribution in [0.3, 0.4) is 0 Å². The molecule has 3 atom stereocenters. The number of hydrogen-bond donors (Lipinski definition) is 1. The van der Waals surface area contributed by atoms with Crippen LogP contribution in [0.2, 0.25) is 5.02 Å². The Balaban J connectivity index is 0.994. The average molecular weight is 759 g/mol. The Kier molecular flexibility index (Phi) is 9.30. The number of aliphatic hydroxyl groups is 1. The zero-order valence-electron chi connectivity index (χ0n) is 31.2. The van der Waals surface area contributed by atoms with Crippen molar-refractivity contribution in [2.45, 2.75) is 63.8 Å². The first-order valence-electron chi connectivity index (χ1n) is 19.1. The summed E-state index contributed by atoms with van der Waals surface area (Å²) in [6.07, 6.45) is 3.68. The molecule has 10 nitrogen and oxygen atoms in total. The average Bonchev–Trinajstić information content (AvgIpc) is 3.98. The van der Waals surface area contributed by atoms with Crippen molar-refractivity contribution in [1.29, 1.82) is 5.26 Å². The normalized spacial score (nSPS) is 21.0. The first kappa shape index (κ1) is 35.8. The lowest BCUT2D eigenvalue weighted by Gasteiger charge is -2.42. The van der Waals surface area contributed by atoms with E-state index >= 15 is 0 Å². The number of nitriles is 1. The van der Waals surface area contributed by atoms with E-state index in [-0.39, 0.29) is 30.1 Å². The summed E-state index contributed by atoms with van der Waals surface area (Å²) in [5, 5.41) is 21.6. The molecule has 4 aliphatic rings. The monoisotopic (exact) mass is 758 g/mol. The first-order valence-corrected chi connectivity index (χ1v) is 19.5. The van der Waals surface area contributed by atoms with Crippen molar-refractivity contribution in [3.63, 3.8) is 0 Å². The Labute approximate surface area is 325 Å². The van der Waals surface area contributed by atoms with E-state index in [0.29, 0.717) is 54.1 Å². The number of carbonyl (C=O) groups excluding carboxylic acids is 1. The number of benzene rings is 3. The topological polar surface area (TPSA) is 121 Å². The van der Waals surface area contributed by atoms with Gasteiger partial charge in [-0.25, -0.2) is 0 Å². The van der Waals surface area contributed by atoms with E-state index < -0.39 is 0 Å². The molecule has 9 rings (SSSR count). The molecule has 282 valence electrons. The number of β-amino-alcohol motifs (C(OH)–C–C–N with tert-alkyl or cyclic N) is 1. The number of hydrogen-bond acceptors (Lipinski definition) is 10. The summed E-state index contributed by atoms with van der Waals surface area (Å²) in [5.74, 6) is 1.31. The highest BCUT2D eigenvalue weighted by Crippen LogP contribution is 2.47. The lowest BCUT2D eigenvalue weighted by molar-refractivity contribution is -0.152. The van der Waals surface area contributed by atoms with Crippen LogP contribution in [0.4, 0.5) is 0 Å². The Morgan fingerprint density at radius 2 is 1.76 bits per heavy atom. The quantitative estimate of drug-likeness (QED) is 0.150. The third-order valence-corrected chi connectivity index (χ3v) is 12.4. The summed E-state index contributed by atoms with van der Waals surface area (Å²) in [4.78, 5) is 21.2. The molecule has 1 unspecified atom stereocenters. The number of aryl methyl sites for hydroxylation is 1. The van der Waals surface area contributed by atoms with Crippen molar-refractivity contribution in [1.82, 2.24) is 14.8 Å². The first-order chi connectivity index (χ1) is 26.7. The maximum atomic E-state index is 12.1. The summed E-state index contributed by atoms with van der Waals surface area (Å²) in [6, 6.07) is 21.2. The Hall–Kier alpha value is -4.92. The minimum absolute atomic E-state index is 0.0903. The smallest absolute Gasteiger partial charge is 0.311 e. The molecule has 2 aliphatic carbocycles. The summed E-state index contributed by atoms with van der Waals surface area (Å²) >= 11 is 6.78. The minimum atomic E-state index is -0.311. The van der Waals surface area contributed by atoms with Gasteiger partial charge in [-0.05, 0) is 96.2 Å². The molecule has 3 aromatic carbocycles. The number of pyridine rings is 1. The van der Waals surface area contributed by atoms with Gasteiger partial charge in [-0.3, -0.25) is 14.6 Å². The van der Waals surface area contributed by atoms with Crippen LogP contribution in [0.25, 0.3) is 33.4 Å². The summed E-state index contributed by atoms with van der Waals surface area (Å²) < 4.78 is 23.7. The largest absolute Gasteiger partial charge is 0.481 e. The van der Waals surface area contributed by atoms with Crippen molar-refractivity contribution in [3.8, 4) is 40.3 Å². The van der Waals surface area contributed by atoms with E-state index in [0.717, 1.165) is 88.7 Å². The van der Waals surface area contributed by atoms with Crippen LogP contribution in [-0.2, 0) is 28.9 Å². The number of likely N-dealkylation sites (tertiary alicyclic amines) is 2. The molecule has 2 aromatic heterocycles. The number of halogens is 1.